The number of aromatic nitrogens is 3. The first-order valence-corrected chi connectivity index (χ1v) is 23.7. The number of aryl methyl sites for hydroxylation is 1. The molecule has 0 unspecified atom stereocenters. The van der Waals surface area contributed by atoms with Gasteiger partial charge in [0, 0.05) is 93.5 Å². The Bertz CT molecular complexity index is 2480. The van der Waals surface area contributed by atoms with Crippen LogP contribution in [0.4, 0.5) is 4.79 Å². The second kappa shape index (κ2) is 19.8. The predicted molar refractivity (Wildman–Crippen MR) is 254 cm³/mol. The minimum Gasteiger partial charge on any atom is -0.378 e. The second-order valence-corrected chi connectivity index (χ2v) is 20.2. The molecule has 0 aliphatic carbocycles. The van der Waals surface area contributed by atoms with Gasteiger partial charge in [-0.15, -0.1) is 11.3 Å². The highest BCUT2D eigenvalue weighted by Crippen LogP contribution is 2.41. The Morgan fingerprint density at radius 1 is 1.14 bits per heavy atom. The fraction of sp³-hybridized carbons (Fsp3) is 0.531. The third-order valence-electron chi connectivity index (χ3n) is 13.3. The number of likely N-dealkylation sites (N-methyl/N-ethyl adjacent to an activating group) is 1. The number of amides is 5. The van der Waals surface area contributed by atoms with Crippen LogP contribution < -0.4 is 10.7 Å². The van der Waals surface area contributed by atoms with E-state index in [-0.39, 0.29) is 43.0 Å². The number of carbonyl (C=O) groups excluding carboxylic acids is 5. The molecule has 4 aromatic rings. The van der Waals surface area contributed by atoms with Crippen LogP contribution in [-0.4, -0.2) is 141 Å². The Kier molecular flexibility index (Phi) is 14.5. The zero-order valence-corrected chi connectivity index (χ0v) is 40.6. The van der Waals surface area contributed by atoms with Crippen LogP contribution in [0.2, 0.25) is 0 Å². The van der Waals surface area contributed by atoms with E-state index in [2.05, 4.69) is 67.0 Å². The van der Waals surface area contributed by atoms with E-state index in [0.29, 0.717) is 57.1 Å². The van der Waals surface area contributed by atoms with Crippen molar-refractivity contribution in [1.82, 2.24) is 45.0 Å². The summed E-state index contributed by atoms with van der Waals surface area (Å²) in [7, 11) is 5.35. The minimum atomic E-state index is -1.19. The number of hydrogen-bond donors (Lipinski definition) is 2. The molecule has 3 aliphatic heterocycles. The Morgan fingerprint density at radius 3 is 2.61 bits per heavy atom. The lowest BCUT2D eigenvalue weighted by molar-refractivity contribution is -0.147. The number of nitrogens with one attached hydrogen (secondary N) is 2. The fourth-order valence-corrected chi connectivity index (χ4v) is 10.6. The van der Waals surface area contributed by atoms with Crippen LogP contribution in [0.25, 0.3) is 33.4 Å². The lowest BCUT2D eigenvalue weighted by atomic mass is 9.84. The highest BCUT2D eigenvalue weighted by molar-refractivity contribution is 7.10. The molecular weight excluding hydrogens is 859 g/mol. The van der Waals surface area contributed by atoms with Crippen molar-refractivity contribution in [3.05, 3.63) is 70.8 Å². The van der Waals surface area contributed by atoms with Crippen molar-refractivity contribution >= 4 is 52.3 Å². The topological polar surface area (TPSA) is 172 Å². The van der Waals surface area contributed by atoms with Crippen molar-refractivity contribution in [2.75, 3.05) is 53.6 Å². The monoisotopic (exact) mass is 923 g/mol. The zero-order valence-electron chi connectivity index (χ0n) is 39.8. The molecule has 66 heavy (non-hydrogen) atoms. The van der Waals surface area contributed by atoms with Crippen molar-refractivity contribution in [2.45, 2.75) is 97.0 Å². The average molecular weight is 924 g/mol. The van der Waals surface area contributed by atoms with Gasteiger partial charge < -0.3 is 38.9 Å². The first kappa shape index (κ1) is 48.4. The number of hydrazine groups is 1. The molecule has 3 aliphatic rings. The van der Waals surface area contributed by atoms with Crippen LogP contribution in [0.5, 0.6) is 0 Å². The number of fused-ring (bicyclic) bond motifs is 6. The Labute approximate surface area is 391 Å². The number of rotatable bonds is 9. The Morgan fingerprint density at radius 2 is 1.91 bits per heavy atom. The summed E-state index contributed by atoms with van der Waals surface area (Å²) >= 11 is 1.40. The summed E-state index contributed by atoms with van der Waals surface area (Å²) in [5, 5.41) is 8.13. The summed E-state index contributed by atoms with van der Waals surface area (Å²) in [6, 6.07) is 7.68. The number of thiazole rings is 1. The van der Waals surface area contributed by atoms with Gasteiger partial charge in [-0.3, -0.25) is 24.4 Å². The average Bonchev–Trinajstić information content (AvgIpc) is 3.88. The van der Waals surface area contributed by atoms with Crippen LogP contribution in [0, 0.1) is 11.3 Å². The van der Waals surface area contributed by atoms with Crippen molar-refractivity contribution in [3.63, 3.8) is 0 Å². The molecule has 2 N–H and O–H groups in total. The van der Waals surface area contributed by atoms with Gasteiger partial charge >= 0.3 is 6.03 Å². The summed E-state index contributed by atoms with van der Waals surface area (Å²) in [4.78, 5) is 83.4. The van der Waals surface area contributed by atoms with E-state index in [1.165, 1.54) is 27.3 Å². The van der Waals surface area contributed by atoms with Crippen LogP contribution in [0.3, 0.4) is 0 Å². The molecular formula is C49H65N9O7S. The number of piperazine rings is 1. The normalized spacial score (nSPS) is 22.4. The third-order valence-corrected chi connectivity index (χ3v) is 14.2. The van der Waals surface area contributed by atoms with E-state index in [1.807, 2.05) is 39.1 Å². The summed E-state index contributed by atoms with van der Waals surface area (Å²) in [5.41, 5.74) is 8.27. The van der Waals surface area contributed by atoms with Crippen LogP contribution in [0.15, 0.2) is 54.6 Å². The predicted octanol–water partition coefficient (Wildman–Crippen LogP) is 5.56. The Hall–Kier alpha value is -5.49. The van der Waals surface area contributed by atoms with Gasteiger partial charge in [0.25, 0.3) is 5.91 Å². The smallest absolute Gasteiger partial charge is 0.320 e. The number of ether oxygens (including phenoxy) is 2. The number of methoxy groups -OCH3 is 1. The number of hydrogen-bond acceptors (Lipinski definition) is 11. The molecule has 3 aromatic heterocycles. The largest absolute Gasteiger partial charge is 0.378 e. The van der Waals surface area contributed by atoms with E-state index < -0.39 is 34.9 Å². The molecule has 0 saturated carbocycles. The minimum absolute atomic E-state index is 0.0258. The molecule has 16 nitrogen and oxygen atoms in total. The zero-order chi connectivity index (χ0) is 47.7. The molecule has 5 atom stereocenters. The van der Waals surface area contributed by atoms with Gasteiger partial charge in [-0.1, -0.05) is 40.3 Å². The lowest BCUT2D eigenvalue weighted by Gasteiger charge is -2.43. The van der Waals surface area contributed by atoms with Crippen molar-refractivity contribution in [2.24, 2.45) is 18.4 Å². The van der Waals surface area contributed by atoms with E-state index in [9.17, 15) is 24.0 Å². The molecule has 6 heterocycles. The number of aldehydes is 1. The first-order chi connectivity index (χ1) is 31.4. The summed E-state index contributed by atoms with van der Waals surface area (Å²) < 4.78 is 14.5. The molecule has 6 bridgehead atoms. The number of urea groups is 1. The maximum Gasteiger partial charge on any atom is 0.320 e. The molecule has 2 saturated heterocycles. The van der Waals surface area contributed by atoms with E-state index in [4.69, 9.17) is 19.4 Å². The van der Waals surface area contributed by atoms with E-state index >= 15 is 0 Å². The maximum absolute atomic E-state index is 14.8. The van der Waals surface area contributed by atoms with Crippen molar-refractivity contribution < 1.29 is 33.4 Å². The molecule has 354 valence electrons. The number of nitrogens with zero attached hydrogens (tertiary/aromatic N) is 7. The van der Waals surface area contributed by atoms with Crippen molar-refractivity contribution in [1.29, 1.82) is 0 Å². The summed E-state index contributed by atoms with van der Waals surface area (Å²) in [5.74, 6) is -1.45. The number of benzene rings is 1. The van der Waals surface area contributed by atoms with Gasteiger partial charge in [0.2, 0.25) is 11.8 Å². The van der Waals surface area contributed by atoms with E-state index in [0.717, 1.165) is 51.0 Å². The molecule has 0 spiro atoms. The van der Waals surface area contributed by atoms with Crippen LogP contribution in [-0.2, 0) is 48.5 Å². The molecule has 17 heteroatoms. The highest BCUT2D eigenvalue weighted by atomic mass is 32.1. The van der Waals surface area contributed by atoms with Gasteiger partial charge in [-0.25, -0.2) is 15.2 Å². The standard InChI is InChI=1S/C49H65N9O7S/c1-11-41(60)56-20-21-57(31(4)25-56)47(63)55(9)43(30(2)3)45(61)52-37-23-40-51-38(26-66-40)33-15-16-39-35(22-33)36(44(54(39)8)34-14-12-18-50-42(34)32(5)64-10)24-48(6,7)28-65-29-49(27-59)17-13-19-58(53-49)46(37)62/h11-12,14-16,18,22,26-27,30-32,37,43,53H,1,13,17,19-21,23-25,28-29H2,2-10H3,(H,52,61)/t31-,32-,37-,43-,49-/m0/s1. The number of carbonyl (C=O) groups is 5. The lowest BCUT2D eigenvalue weighted by Crippen LogP contribution is -2.67. The van der Waals surface area contributed by atoms with Gasteiger partial charge in [-0.2, -0.15) is 0 Å². The summed E-state index contributed by atoms with van der Waals surface area (Å²) in [6.07, 6.45) is 5.31. The van der Waals surface area contributed by atoms with Gasteiger partial charge in [-0.05, 0) is 80.3 Å². The molecule has 0 radical (unpaired) electrons. The quantitative estimate of drug-likeness (QED) is 0.160. The third kappa shape index (κ3) is 9.80. The van der Waals surface area contributed by atoms with Gasteiger partial charge in [0.15, 0.2) is 0 Å². The highest BCUT2D eigenvalue weighted by Gasteiger charge is 2.42. The second-order valence-electron chi connectivity index (χ2n) is 19.3. The van der Waals surface area contributed by atoms with Crippen molar-refractivity contribution in [3.8, 4) is 22.5 Å². The SMILES string of the molecule is C=CC(=O)N1CCN(C(=O)N(C)[C@H](C(=O)N[C@H]2Cc3nc(cs3)-c3ccc4c(c3)c(c(-c3cccnc3[C@H](C)OC)n4C)CC(C)(C)COC[C@@]3(C=O)CCCN(N3)C2=O)C(C)C)[C@@H](C)C1. The number of pyridine rings is 1. The maximum atomic E-state index is 14.8. The van der Waals surface area contributed by atoms with Gasteiger partial charge in [0.05, 0.1) is 41.4 Å². The van der Waals surface area contributed by atoms with Gasteiger partial charge in [0.1, 0.15) is 23.9 Å². The molecule has 2 fully saturated rings. The molecule has 7 rings (SSSR count). The first-order valence-electron chi connectivity index (χ1n) is 22.8. The Balaban J connectivity index is 1.26. The summed E-state index contributed by atoms with van der Waals surface area (Å²) in [6.45, 7) is 17.1. The van der Waals surface area contributed by atoms with Crippen LogP contribution >= 0.6 is 11.3 Å². The fourth-order valence-electron chi connectivity index (χ4n) is 9.79. The van der Waals surface area contributed by atoms with Crippen LogP contribution in [0.1, 0.15) is 76.8 Å². The molecule has 5 amide bonds. The molecule has 1 aromatic carbocycles. The van der Waals surface area contributed by atoms with E-state index in [1.54, 1.807) is 30.2 Å².